The molecular weight excluding hydrogens is 382 g/mol. The van der Waals surface area contributed by atoms with Gasteiger partial charge in [-0.15, -0.1) is 24.2 Å². The van der Waals surface area contributed by atoms with Gasteiger partial charge in [-0.1, -0.05) is 41.9 Å². The van der Waals surface area contributed by atoms with E-state index in [9.17, 15) is 9.18 Å². The normalized spacial score (nSPS) is 11.5. The van der Waals surface area contributed by atoms with E-state index in [4.69, 9.17) is 11.6 Å². The highest BCUT2D eigenvalue weighted by Gasteiger charge is 2.22. The van der Waals surface area contributed by atoms with Gasteiger partial charge < -0.3 is 10.6 Å². The molecule has 2 aromatic rings. The summed E-state index contributed by atoms with van der Waals surface area (Å²) in [5.41, 5.74) is 0.897. The Morgan fingerprint density at radius 2 is 1.92 bits per heavy atom. The molecule has 0 fully saturated rings. The average molecular weight is 403 g/mol. The third kappa shape index (κ3) is 6.86. The van der Waals surface area contributed by atoms with Crippen molar-refractivity contribution in [3.63, 3.8) is 0 Å². The summed E-state index contributed by atoms with van der Waals surface area (Å²) in [5.74, 6) is -0.531. The van der Waals surface area contributed by atoms with E-state index in [1.54, 1.807) is 12.1 Å². The summed E-state index contributed by atoms with van der Waals surface area (Å²) in [6.45, 7) is 1.45. The quantitative estimate of drug-likeness (QED) is 0.505. The van der Waals surface area contributed by atoms with Gasteiger partial charge in [-0.25, -0.2) is 4.39 Å². The molecule has 2 rings (SSSR count). The van der Waals surface area contributed by atoms with Gasteiger partial charge in [0.2, 0.25) is 5.91 Å². The highest BCUT2D eigenvalue weighted by Crippen LogP contribution is 2.36. The van der Waals surface area contributed by atoms with Gasteiger partial charge in [0.15, 0.2) is 0 Å². The van der Waals surface area contributed by atoms with Crippen LogP contribution in [-0.2, 0) is 4.79 Å². The van der Waals surface area contributed by atoms with Gasteiger partial charge >= 0.3 is 0 Å². The van der Waals surface area contributed by atoms with Crippen LogP contribution in [0.3, 0.4) is 0 Å². The lowest BCUT2D eigenvalue weighted by molar-refractivity contribution is -0.120. The molecule has 7 heteroatoms. The Hall–Kier alpha value is -1.27. The second kappa shape index (κ2) is 11.4. The minimum atomic E-state index is -0.464. The van der Waals surface area contributed by atoms with Crippen LogP contribution in [0.5, 0.6) is 0 Å². The summed E-state index contributed by atoms with van der Waals surface area (Å²) < 4.78 is 13.3. The van der Waals surface area contributed by atoms with E-state index in [0.29, 0.717) is 6.54 Å². The van der Waals surface area contributed by atoms with Crippen LogP contribution >= 0.6 is 35.8 Å². The van der Waals surface area contributed by atoms with E-state index < -0.39 is 11.1 Å². The first-order valence-electron chi connectivity index (χ1n) is 7.71. The SMILES string of the molecule is CNCCCNC(=O)C(Sc1ccc(F)c(Cl)c1)c1ccccc1.Cl. The zero-order valence-electron chi connectivity index (χ0n) is 13.8. The Kier molecular flexibility index (Phi) is 9.90. The fraction of sp³-hybridized carbons (Fsp3) is 0.278. The second-order valence-electron chi connectivity index (χ2n) is 5.23. The lowest BCUT2D eigenvalue weighted by Crippen LogP contribution is -2.30. The smallest absolute Gasteiger partial charge is 0.237 e. The van der Waals surface area contributed by atoms with E-state index >= 15 is 0 Å². The minimum Gasteiger partial charge on any atom is -0.355 e. The Morgan fingerprint density at radius 3 is 2.56 bits per heavy atom. The van der Waals surface area contributed by atoms with Crippen molar-refractivity contribution < 1.29 is 9.18 Å². The molecule has 0 aliphatic rings. The van der Waals surface area contributed by atoms with Gasteiger partial charge in [-0.2, -0.15) is 0 Å². The molecule has 0 radical (unpaired) electrons. The van der Waals surface area contributed by atoms with E-state index in [1.807, 2.05) is 37.4 Å². The maximum atomic E-state index is 13.3. The Labute approximate surface area is 163 Å². The predicted molar refractivity (Wildman–Crippen MR) is 105 cm³/mol. The maximum absolute atomic E-state index is 13.3. The fourth-order valence-corrected chi connectivity index (χ4v) is 3.49. The van der Waals surface area contributed by atoms with Crippen molar-refractivity contribution in [3.05, 3.63) is 64.9 Å². The number of benzene rings is 2. The molecule has 2 aromatic carbocycles. The van der Waals surface area contributed by atoms with Crippen LogP contribution < -0.4 is 10.6 Å². The minimum absolute atomic E-state index is 0. The molecule has 2 N–H and O–H groups in total. The van der Waals surface area contributed by atoms with Gasteiger partial charge in [-0.3, -0.25) is 4.79 Å². The van der Waals surface area contributed by atoms with Crippen LogP contribution in [0.25, 0.3) is 0 Å². The van der Waals surface area contributed by atoms with Gasteiger partial charge in [0.25, 0.3) is 0 Å². The molecule has 0 heterocycles. The highest BCUT2D eigenvalue weighted by atomic mass is 35.5. The summed E-state index contributed by atoms with van der Waals surface area (Å²) in [7, 11) is 1.88. The zero-order chi connectivity index (χ0) is 17.4. The van der Waals surface area contributed by atoms with Crippen molar-refractivity contribution in [2.24, 2.45) is 0 Å². The molecular formula is C18H21Cl2FN2OS. The topological polar surface area (TPSA) is 41.1 Å². The Bertz CT molecular complexity index is 673. The predicted octanol–water partition coefficient (Wildman–Crippen LogP) is 4.46. The van der Waals surface area contributed by atoms with E-state index in [1.165, 1.54) is 17.8 Å². The molecule has 0 bridgehead atoms. The second-order valence-corrected chi connectivity index (χ2v) is 6.82. The molecule has 1 unspecified atom stereocenters. The monoisotopic (exact) mass is 402 g/mol. The van der Waals surface area contributed by atoms with Crippen LogP contribution in [0.4, 0.5) is 4.39 Å². The third-order valence-corrected chi connectivity index (χ3v) is 4.93. The molecule has 0 aromatic heterocycles. The molecule has 136 valence electrons. The number of hydrogen-bond donors (Lipinski definition) is 2. The zero-order valence-corrected chi connectivity index (χ0v) is 16.2. The summed E-state index contributed by atoms with van der Waals surface area (Å²) in [4.78, 5) is 13.4. The summed E-state index contributed by atoms with van der Waals surface area (Å²) >= 11 is 7.20. The van der Waals surface area contributed by atoms with Crippen LogP contribution in [-0.4, -0.2) is 26.0 Å². The molecule has 1 amide bonds. The van der Waals surface area contributed by atoms with Crippen LogP contribution in [0.15, 0.2) is 53.4 Å². The number of halogens is 3. The van der Waals surface area contributed by atoms with Crippen LogP contribution in [0, 0.1) is 5.82 Å². The molecule has 0 aliphatic heterocycles. The summed E-state index contributed by atoms with van der Waals surface area (Å²) in [5, 5.41) is 5.64. The molecule has 0 saturated carbocycles. The summed E-state index contributed by atoms with van der Waals surface area (Å²) in [6.07, 6.45) is 0.858. The Morgan fingerprint density at radius 1 is 1.20 bits per heavy atom. The first kappa shape index (κ1) is 21.8. The lowest BCUT2D eigenvalue weighted by Gasteiger charge is -2.17. The molecule has 3 nitrogen and oxygen atoms in total. The number of amides is 1. The molecule has 0 aliphatic carbocycles. The standard InChI is InChI=1S/C18H20ClFN2OS.ClH/c1-21-10-5-11-22-18(23)17(13-6-3-2-4-7-13)24-14-8-9-16(20)15(19)12-14;/h2-4,6-9,12,17,21H,5,10-11H2,1H3,(H,22,23);1H. The summed E-state index contributed by atoms with van der Waals surface area (Å²) in [6, 6.07) is 14.0. The van der Waals surface area contributed by atoms with Crippen molar-refractivity contribution >= 4 is 41.7 Å². The van der Waals surface area contributed by atoms with Crippen LogP contribution in [0.2, 0.25) is 5.02 Å². The van der Waals surface area contributed by atoms with Crippen molar-refractivity contribution in [3.8, 4) is 0 Å². The number of nitrogens with one attached hydrogen (secondary N) is 2. The molecule has 1 atom stereocenters. The van der Waals surface area contributed by atoms with Crippen LogP contribution in [0.1, 0.15) is 17.2 Å². The largest absolute Gasteiger partial charge is 0.355 e. The van der Waals surface area contributed by atoms with Crippen molar-refractivity contribution in [1.29, 1.82) is 0 Å². The number of hydrogen-bond acceptors (Lipinski definition) is 3. The molecule has 25 heavy (non-hydrogen) atoms. The van der Waals surface area contributed by atoms with Gasteiger partial charge in [0.05, 0.1) is 5.02 Å². The number of carbonyl (C=O) groups excluding carboxylic acids is 1. The third-order valence-electron chi connectivity index (χ3n) is 3.39. The first-order valence-corrected chi connectivity index (χ1v) is 8.96. The number of carbonyl (C=O) groups is 1. The van der Waals surface area contributed by atoms with E-state index in [2.05, 4.69) is 10.6 Å². The van der Waals surface area contributed by atoms with E-state index in [-0.39, 0.29) is 23.3 Å². The van der Waals surface area contributed by atoms with Crippen molar-refractivity contribution in [2.45, 2.75) is 16.6 Å². The van der Waals surface area contributed by atoms with Crippen molar-refractivity contribution in [2.75, 3.05) is 20.1 Å². The number of thioether (sulfide) groups is 1. The maximum Gasteiger partial charge on any atom is 0.237 e. The first-order chi connectivity index (χ1) is 11.6. The highest BCUT2D eigenvalue weighted by molar-refractivity contribution is 8.00. The van der Waals surface area contributed by atoms with Gasteiger partial charge in [0, 0.05) is 11.4 Å². The Balaban J connectivity index is 0.00000312. The lowest BCUT2D eigenvalue weighted by atomic mass is 10.1. The van der Waals surface area contributed by atoms with Gasteiger partial charge in [-0.05, 0) is 43.8 Å². The molecule has 0 spiro atoms. The van der Waals surface area contributed by atoms with Crippen molar-refractivity contribution in [1.82, 2.24) is 10.6 Å². The average Bonchev–Trinajstić information content (AvgIpc) is 2.60. The molecule has 0 saturated heterocycles. The number of rotatable bonds is 8. The van der Waals surface area contributed by atoms with E-state index in [0.717, 1.165) is 23.4 Å². The van der Waals surface area contributed by atoms with Gasteiger partial charge in [0.1, 0.15) is 11.1 Å². The fourth-order valence-electron chi connectivity index (χ4n) is 2.16.